The predicted octanol–water partition coefficient (Wildman–Crippen LogP) is 3.10. The number of rotatable bonds is 5. The molecule has 112 valence electrons. The van der Waals surface area contributed by atoms with Crippen LogP contribution in [0.2, 0.25) is 0 Å². The largest absolute Gasteiger partial charge is 0.388 e. The molecule has 0 unspecified atom stereocenters. The lowest BCUT2D eigenvalue weighted by molar-refractivity contribution is -0.385. The summed E-state index contributed by atoms with van der Waals surface area (Å²) in [6, 6.07) is 6.47. The fraction of sp³-hybridized carbons (Fsp3) is 0.357. The first kappa shape index (κ1) is 15.5. The first-order chi connectivity index (χ1) is 9.93. The molecule has 0 bridgehead atoms. The van der Waals surface area contributed by atoms with Crippen molar-refractivity contribution >= 4 is 17.4 Å². The van der Waals surface area contributed by atoms with Gasteiger partial charge < -0.3 is 9.67 Å². The van der Waals surface area contributed by atoms with Crippen molar-refractivity contribution in [2.45, 2.75) is 36.3 Å². The maximum atomic E-state index is 10.8. The van der Waals surface area contributed by atoms with Crippen LogP contribution in [0.3, 0.4) is 0 Å². The van der Waals surface area contributed by atoms with E-state index in [1.807, 2.05) is 17.7 Å². The number of nitrogens with zero attached hydrogens (tertiary/aromatic N) is 3. The van der Waals surface area contributed by atoms with Gasteiger partial charge in [0.2, 0.25) is 0 Å². The van der Waals surface area contributed by atoms with Gasteiger partial charge in [-0.15, -0.1) is 0 Å². The van der Waals surface area contributed by atoms with Crippen molar-refractivity contribution in [1.29, 1.82) is 0 Å². The SMILES string of the molecule is CC(C)c1c(Sc2cccc([N+](=O)[O-])c2)nc(CO)n1C. The average Bonchev–Trinajstić information content (AvgIpc) is 2.75. The molecular formula is C14H17N3O3S. The summed E-state index contributed by atoms with van der Waals surface area (Å²) < 4.78 is 1.88. The molecule has 0 aliphatic heterocycles. The Morgan fingerprint density at radius 1 is 1.48 bits per heavy atom. The van der Waals surface area contributed by atoms with Gasteiger partial charge >= 0.3 is 0 Å². The summed E-state index contributed by atoms with van der Waals surface area (Å²) in [6.07, 6.45) is 0. The highest BCUT2D eigenvalue weighted by Gasteiger charge is 2.18. The molecule has 6 nitrogen and oxygen atoms in total. The van der Waals surface area contributed by atoms with Crippen LogP contribution < -0.4 is 0 Å². The molecule has 0 saturated heterocycles. The molecular weight excluding hydrogens is 290 g/mol. The normalized spacial score (nSPS) is 11.1. The molecule has 0 radical (unpaired) electrons. The number of nitro groups is 1. The highest BCUT2D eigenvalue weighted by molar-refractivity contribution is 7.99. The smallest absolute Gasteiger partial charge is 0.270 e. The van der Waals surface area contributed by atoms with Crippen LogP contribution in [0.4, 0.5) is 5.69 Å². The van der Waals surface area contributed by atoms with E-state index in [0.29, 0.717) is 5.82 Å². The number of non-ortho nitro benzene ring substituents is 1. The van der Waals surface area contributed by atoms with Crippen LogP contribution in [0.25, 0.3) is 0 Å². The van der Waals surface area contributed by atoms with Crippen molar-refractivity contribution in [3.05, 3.63) is 45.9 Å². The minimum atomic E-state index is -0.412. The second-order valence-electron chi connectivity index (χ2n) is 4.95. The molecule has 0 saturated carbocycles. The molecule has 1 N–H and O–H groups in total. The molecule has 0 aliphatic carbocycles. The van der Waals surface area contributed by atoms with E-state index in [1.54, 1.807) is 6.07 Å². The van der Waals surface area contributed by atoms with Crippen molar-refractivity contribution in [2.24, 2.45) is 7.05 Å². The van der Waals surface area contributed by atoms with E-state index in [0.717, 1.165) is 15.6 Å². The summed E-state index contributed by atoms with van der Waals surface area (Å²) in [4.78, 5) is 15.6. The summed E-state index contributed by atoms with van der Waals surface area (Å²) in [5.74, 6) is 0.829. The first-order valence-electron chi connectivity index (χ1n) is 6.52. The molecule has 1 aromatic carbocycles. The Morgan fingerprint density at radius 3 is 2.76 bits per heavy atom. The summed E-state index contributed by atoms with van der Waals surface area (Å²) in [5, 5.41) is 20.9. The predicted molar refractivity (Wildman–Crippen MR) is 80.4 cm³/mol. The van der Waals surface area contributed by atoms with Gasteiger partial charge in [-0.3, -0.25) is 10.1 Å². The number of hydrogen-bond acceptors (Lipinski definition) is 5. The van der Waals surface area contributed by atoms with Crippen molar-refractivity contribution < 1.29 is 10.0 Å². The van der Waals surface area contributed by atoms with Crippen LogP contribution in [0.15, 0.2) is 34.2 Å². The minimum absolute atomic E-state index is 0.0596. The van der Waals surface area contributed by atoms with E-state index in [1.165, 1.54) is 23.9 Å². The Labute approximate surface area is 127 Å². The third kappa shape index (κ3) is 3.25. The van der Waals surface area contributed by atoms with Crippen LogP contribution in [0.5, 0.6) is 0 Å². The molecule has 0 spiro atoms. The number of hydrogen-bond donors (Lipinski definition) is 1. The standard InChI is InChI=1S/C14H17N3O3S/c1-9(2)13-14(15-12(8-18)16(13)3)21-11-6-4-5-10(7-11)17(19)20/h4-7,9,18H,8H2,1-3H3. The van der Waals surface area contributed by atoms with Crippen molar-refractivity contribution in [3.8, 4) is 0 Å². The number of nitro benzene ring substituents is 1. The summed E-state index contributed by atoms with van der Waals surface area (Å²) in [6.45, 7) is 3.97. The second-order valence-corrected chi connectivity index (χ2v) is 6.01. The number of aromatic nitrogens is 2. The van der Waals surface area contributed by atoms with Crippen LogP contribution in [-0.2, 0) is 13.7 Å². The van der Waals surface area contributed by atoms with E-state index in [2.05, 4.69) is 18.8 Å². The fourth-order valence-electron chi connectivity index (χ4n) is 2.15. The topological polar surface area (TPSA) is 81.2 Å². The first-order valence-corrected chi connectivity index (χ1v) is 7.34. The quantitative estimate of drug-likeness (QED) is 0.678. The molecule has 1 aromatic heterocycles. The molecule has 2 rings (SSSR count). The Morgan fingerprint density at radius 2 is 2.19 bits per heavy atom. The maximum Gasteiger partial charge on any atom is 0.270 e. The molecule has 0 atom stereocenters. The van der Waals surface area contributed by atoms with Gasteiger partial charge in [0.05, 0.1) is 10.6 Å². The number of imidazole rings is 1. The molecule has 7 heteroatoms. The lowest BCUT2D eigenvalue weighted by Gasteiger charge is -2.09. The highest BCUT2D eigenvalue weighted by atomic mass is 32.2. The van der Waals surface area contributed by atoms with Gasteiger partial charge in [0.25, 0.3) is 5.69 Å². The monoisotopic (exact) mass is 307 g/mol. The summed E-state index contributed by atoms with van der Waals surface area (Å²) in [7, 11) is 1.87. The zero-order chi connectivity index (χ0) is 15.6. The fourth-order valence-corrected chi connectivity index (χ4v) is 3.33. The van der Waals surface area contributed by atoms with Gasteiger partial charge in [0.15, 0.2) is 0 Å². The molecule has 0 aliphatic rings. The van der Waals surface area contributed by atoms with Gasteiger partial charge in [-0.2, -0.15) is 0 Å². The van der Waals surface area contributed by atoms with Gasteiger partial charge in [-0.05, 0) is 12.0 Å². The second kappa shape index (κ2) is 6.28. The Bertz CT molecular complexity index is 667. The molecule has 1 heterocycles. The van der Waals surface area contributed by atoms with Gasteiger partial charge in [0, 0.05) is 24.1 Å². The van der Waals surface area contributed by atoms with Gasteiger partial charge in [-0.1, -0.05) is 31.7 Å². The van der Waals surface area contributed by atoms with Gasteiger partial charge in [0.1, 0.15) is 17.5 Å². The third-order valence-electron chi connectivity index (χ3n) is 3.13. The molecule has 0 amide bonds. The lowest BCUT2D eigenvalue weighted by atomic mass is 10.1. The van der Waals surface area contributed by atoms with Crippen LogP contribution >= 0.6 is 11.8 Å². The van der Waals surface area contributed by atoms with Crippen molar-refractivity contribution in [1.82, 2.24) is 9.55 Å². The van der Waals surface area contributed by atoms with Crippen LogP contribution in [0, 0.1) is 10.1 Å². The maximum absolute atomic E-state index is 10.8. The summed E-state index contributed by atoms with van der Waals surface area (Å²) in [5.41, 5.74) is 1.07. The van der Waals surface area contributed by atoms with E-state index < -0.39 is 4.92 Å². The minimum Gasteiger partial charge on any atom is -0.388 e. The zero-order valence-corrected chi connectivity index (χ0v) is 12.9. The Balaban J connectivity index is 2.39. The van der Waals surface area contributed by atoms with E-state index in [-0.39, 0.29) is 18.2 Å². The van der Waals surface area contributed by atoms with E-state index in [9.17, 15) is 15.2 Å². The molecule has 0 fully saturated rings. The van der Waals surface area contributed by atoms with E-state index in [4.69, 9.17) is 0 Å². The van der Waals surface area contributed by atoms with Crippen LogP contribution in [0.1, 0.15) is 31.3 Å². The molecule has 21 heavy (non-hydrogen) atoms. The highest BCUT2D eigenvalue weighted by Crippen LogP contribution is 2.35. The lowest BCUT2D eigenvalue weighted by Crippen LogP contribution is -2.03. The Hall–Kier alpha value is -1.86. The van der Waals surface area contributed by atoms with Gasteiger partial charge in [-0.25, -0.2) is 4.98 Å². The average molecular weight is 307 g/mol. The third-order valence-corrected chi connectivity index (χ3v) is 4.11. The van der Waals surface area contributed by atoms with Crippen molar-refractivity contribution in [3.63, 3.8) is 0 Å². The number of aliphatic hydroxyl groups excluding tert-OH is 1. The number of aliphatic hydroxyl groups is 1. The van der Waals surface area contributed by atoms with E-state index >= 15 is 0 Å². The Kier molecular flexibility index (Phi) is 4.64. The van der Waals surface area contributed by atoms with Crippen molar-refractivity contribution in [2.75, 3.05) is 0 Å². The zero-order valence-electron chi connectivity index (χ0n) is 12.1. The van der Waals surface area contributed by atoms with Crippen LogP contribution in [-0.4, -0.2) is 19.6 Å². The molecule has 2 aromatic rings. The summed E-state index contributed by atoms with van der Waals surface area (Å²) >= 11 is 1.38. The number of benzene rings is 1.